The van der Waals surface area contributed by atoms with Crippen LogP contribution < -0.4 is 5.32 Å². The minimum atomic E-state index is 0.474. The molecule has 0 amide bonds. The molecule has 0 aliphatic heterocycles. The Balaban J connectivity index is 1.79. The Bertz CT molecular complexity index is 364. The number of aryl methyl sites for hydroxylation is 1. The maximum absolute atomic E-state index is 3.68. The molecule has 2 rings (SSSR count). The molecular formula is C18H29N. The van der Waals surface area contributed by atoms with E-state index in [4.69, 9.17) is 0 Å². The van der Waals surface area contributed by atoms with Crippen molar-refractivity contribution in [2.75, 3.05) is 6.54 Å². The van der Waals surface area contributed by atoms with Crippen molar-refractivity contribution in [2.45, 2.75) is 58.9 Å². The lowest BCUT2D eigenvalue weighted by atomic mass is 10.0. The van der Waals surface area contributed by atoms with Crippen LogP contribution >= 0.6 is 0 Å². The smallest absolute Gasteiger partial charge is 0.0291 e. The van der Waals surface area contributed by atoms with Crippen molar-refractivity contribution in [3.8, 4) is 0 Å². The first-order valence-corrected chi connectivity index (χ1v) is 8.03. The molecule has 1 aromatic carbocycles. The molecule has 1 aliphatic carbocycles. The summed E-state index contributed by atoms with van der Waals surface area (Å²) < 4.78 is 0. The molecule has 0 aromatic heterocycles. The topological polar surface area (TPSA) is 12.0 Å². The lowest BCUT2D eigenvalue weighted by Gasteiger charge is -2.18. The summed E-state index contributed by atoms with van der Waals surface area (Å²) in [5.41, 5.74) is 2.90. The number of rotatable bonds is 8. The summed E-state index contributed by atoms with van der Waals surface area (Å²) in [5, 5.41) is 3.68. The van der Waals surface area contributed by atoms with Crippen molar-refractivity contribution in [1.82, 2.24) is 5.32 Å². The first kappa shape index (κ1) is 14.6. The predicted molar refractivity (Wildman–Crippen MR) is 83.4 cm³/mol. The van der Waals surface area contributed by atoms with Gasteiger partial charge < -0.3 is 5.32 Å². The fourth-order valence-corrected chi connectivity index (χ4v) is 2.67. The zero-order valence-corrected chi connectivity index (χ0v) is 12.8. The maximum atomic E-state index is 3.68. The van der Waals surface area contributed by atoms with Crippen LogP contribution in [0.3, 0.4) is 0 Å². The SMILES string of the molecule is CCCCc1ccc(C(C)NCC(C)C2CC2)cc1. The summed E-state index contributed by atoms with van der Waals surface area (Å²) in [7, 11) is 0. The quantitative estimate of drug-likeness (QED) is 0.712. The largest absolute Gasteiger partial charge is 0.310 e. The van der Waals surface area contributed by atoms with Gasteiger partial charge in [0, 0.05) is 6.04 Å². The predicted octanol–water partition coefficient (Wildman–Crippen LogP) is 4.73. The Hall–Kier alpha value is -0.820. The van der Waals surface area contributed by atoms with E-state index in [-0.39, 0.29) is 0 Å². The van der Waals surface area contributed by atoms with Gasteiger partial charge in [-0.05, 0) is 62.1 Å². The Kier molecular flexibility index (Phi) is 5.45. The number of unbranched alkanes of at least 4 members (excludes halogenated alkanes) is 1. The van der Waals surface area contributed by atoms with Crippen molar-refractivity contribution in [3.63, 3.8) is 0 Å². The molecule has 19 heavy (non-hydrogen) atoms. The van der Waals surface area contributed by atoms with E-state index in [1.54, 1.807) is 0 Å². The number of benzene rings is 1. The van der Waals surface area contributed by atoms with Crippen LogP contribution in [0, 0.1) is 11.8 Å². The number of hydrogen-bond acceptors (Lipinski definition) is 1. The van der Waals surface area contributed by atoms with Gasteiger partial charge in [-0.15, -0.1) is 0 Å². The third-order valence-corrected chi connectivity index (χ3v) is 4.47. The van der Waals surface area contributed by atoms with E-state index in [1.807, 2.05) is 0 Å². The fourth-order valence-electron chi connectivity index (χ4n) is 2.67. The molecule has 0 heterocycles. The van der Waals surface area contributed by atoms with Gasteiger partial charge >= 0.3 is 0 Å². The van der Waals surface area contributed by atoms with Gasteiger partial charge in [-0.2, -0.15) is 0 Å². The van der Waals surface area contributed by atoms with Gasteiger partial charge in [-0.25, -0.2) is 0 Å². The van der Waals surface area contributed by atoms with Gasteiger partial charge in [0.2, 0.25) is 0 Å². The molecule has 1 aliphatic rings. The minimum Gasteiger partial charge on any atom is -0.310 e. The summed E-state index contributed by atoms with van der Waals surface area (Å²) >= 11 is 0. The van der Waals surface area contributed by atoms with Gasteiger partial charge in [-0.3, -0.25) is 0 Å². The number of nitrogens with one attached hydrogen (secondary N) is 1. The van der Waals surface area contributed by atoms with Crippen molar-refractivity contribution in [1.29, 1.82) is 0 Å². The van der Waals surface area contributed by atoms with Crippen LogP contribution in [-0.2, 0) is 6.42 Å². The van der Waals surface area contributed by atoms with Crippen LogP contribution in [0.4, 0.5) is 0 Å². The van der Waals surface area contributed by atoms with Crippen molar-refractivity contribution >= 4 is 0 Å². The van der Waals surface area contributed by atoms with Crippen LogP contribution in [0.2, 0.25) is 0 Å². The highest BCUT2D eigenvalue weighted by molar-refractivity contribution is 5.24. The summed E-state index contributed by atoms with van der Waals surface area (Å²) in [5.74, 6) is 1.84. The van der Waals surface area contributed by atoms with Crippen molar-refractivity contribution in [2.24, 2.45) is 11.8 Å². The minimum absolute atomic E-state index is 0.474. The molecule has 1 fully saturated rings. The van der Waals surface area contributed by atoms with E-state index >= 15 is 0 Å². The van der Waals surface area contributed by atoms with E-state index in [1.165, 1.54) is 43.2 Å². The zero-order chi connectivity index (χ0) is 13.7. The molecule has 106 valence electrons. The molecule has 1 heteroatoms. The first-order valence-electron chi connectivity index (χ1n) is 8.03. The molecule has 1 aromatic rings. The molecule has 0 spiro atoms. The highest BCUT2D eigenvalue weighted by Crippen LogP contribution is 2.36. The van der Waals surface area contributed by atoms with Crippen molar-refractivity contribution in [3.05, 3.63) is 35.4 Å². The summed E-state index contributed by atoms with van der Waals surface area (Å²) in [4.78, 5) is 0. The van der Waals surface area contributed by atoms with Crippen LogP contribution in [0.25, 0.3) is 0 Å². The van der Waals surface area contributed by atoms with E-state index < -0.39 is 0 Å². The van der Waals surface area contributed by atoms with E-state index in [9.17, 15) is 0 Å². The Morgan fingerprint density at radius 3 is 2.42 bits per heavy atom. The van der Waals surface area contributed by atoms with Crippen LogP contribution in [0.5, 0.6) is 0 Å². The second-order valence-electron chi connectivity index (χ2n) is 6.29. The molecule has 0 saturated heterocycles. The number of hydrogen-bond donors (Lipinski definition) is 1. The highest BCUT2D eigenvalue weighted by Gasteiger charge is 2.27. The Morgan fingerprint density at radius 2 is 1.84 bits per heavy atom. The molecule has 1 N–H and O–H groups in total. The molecule has 0 radical (unpaired) electrons. The Labute approximate surface area is 118 Å². The molecule has 2 unspecified atom stereocenters. The first-order chi connectivity index (χ1) is 9.20. The van der Waals surface area contributed by atoms with Crippen LogP contribution in [-0.4, -0.2) is 6.54 Å². The lowest BCUT2D eigenvalue weighted by Crippen LogP contribution is -2.25. The third kappa shape index (κ3) is 4.65. The third-order valence-electron chi connectivity index (χ3n) is 4.47. The van der Waals surface area contributed by atoms with Gasteiger partial charge in [-0.1, -0.05) is 44.5 Å². The summed E-state index contributed by atoms with van der Waals surface area (Å²) in [6.45, 7) is 8.07. The molecule has 1 saturated carbocycles. The zero-order valence-electron chi connectivity index (χ0n) is 12.8. The fraction of sp³-hybridized carbons (Fsp3) is 0.667. The Morgan fingerprint density at radius 1 is 1.16 bits per heavy atom. The van der Waals surface area contributed by atoms with Gasteiger partial charge in [0.1, 0.15) is 0 Å². The normalized spacial score (nSPS) is 18.3. The average molecular weight is 259 g/mol. The van der Waals surface area contributed by atoms with E-state index in [0.29, 0.717) is 6.04 Å². The van der Waals surface area contributed by atoms with Gasteiger partial charge in [0.15, 0.2) is 0 Å². The average Bonchev–Trinajstić information content (AvgIpc) is 3.27. The maximum Gasteiger partial charge on any atom is 0.0291 e. The van der Waals surface area contributed by atoms with Gasteiger partial charge in [0.25, 0.3) is 0 Å². The van der Waals surface area contributed by atoms with E-state index in [2.05, 4.69) is 50.4 Å². The lowest BCUT2D eigenvalue weighted by molar-refractivity contribution is 0.432. The van der Waals surface area contributed by atoms with Crippen LogP contribution in [0.15, 0.2) is 24.3 Å². The van der Waals surface area contributed by atoms with Crippen molar-refractivity contribution < 1.29 is 0 Å². The second-order valence-corrected chi connectivity index (χ2v) is 6.29. The van der Waals surface area contributed by atoms with Crippen LogP contribution in [0.1, 0.15) is 63.6 Å². The monoisotopic (exact) mass is 259 g/mol. The second kappa shape index (κ2) is 7.09. The molecular weight excluding hydrogens is 230 g/mol. The summed E-state index contributed by atoms with van der Waals surface area (Å²) in [6.07, 6.45) is 6.69. The summed E-state index contributed by atoms with van der Waals surface area (Å²) in [6, 6.07) is 9.66. The van der Waals surface area contributed by atoms with Gasteiger partial charge in [0.05, 0.1) is 0 Å². The molecule has 2 atom stereocenters. The highest BCUT2D eigenvalue weighted by atomic mass is 14.9. The molecule has 1 nitrogen and oxygen atoms in total. The molecule has 0 bridgehead atoms. The standard InChI is InChI=1S/C18H29N/c1-4-5-6-16-7-9-18(10-8-16)15(3)19-13-14(2)17-11-12-17/h7-10,14-15,17,19H,4-6,11-13H2,1-3H3. The van der Waals surface area contributed by atoms with E-state index in [0.717, 1.165) is 18.4 Å².